The maximum absolute atomic E-state index is 13.3. The molecule has 0 aliphatic heterocycles. The molecule has 3 rings (SSSR count). The van der Waals surface area contributed by atoms with E-state index in [9.17, 15) is 9.18 Å². The molecule has 0 aliphatic rings. The second kappa shape index (κ2) is 6.45. The predicted molar refractivity (Wildman–Crippen MR) is 92.0 cm³/mol. The van der Waals surface area contributed by atoms with Crippen molar-refractivity contribution in [2.24, 2.45) is 12.8 Å². The minimum atomic E-state index is -0.753. The van der Waals surface area contributed by atoms with Crippen LogP contribution in [0.2, 0.25) is 0 Å². The predicted octanol–water partition coefficient (Wildman–Crippen LogP) is 3.03. The lowest BCUT2D eigenvalue weighted by molar-refractivity contribution is -0.142. The number of nitrogens with zero attached hydrogens (tertiary/aromatic N) is 1. The van der Waals surface area contributed by atoms with Crippen LogP contribution in [0.15, 0.2) is 48.5 Å². The molecule has 1 atom stereocenters. The number of fused-ring (bicyclic) bond motifs is 1. The minimum absolute atomic E-state index is 0.285. The normalized spacial score (nSPS) is 12.3. The summed E-state index contributed by atoms with van der Waals surface area (Å²) >= 11 is 0. The number of carbonyl (C=O) groups is 1. The molecule has 2 aromatic carbocycles. The summed E-state index contributed by atoms with van der Waals surface area (Å²) in [6.45, 7) is 0. The standard InChI is InChI=1S/C19H19FN2O2/c1-22-16-6-4-3-5-14(16)18(12-7-9-13(20)10-8-12)17(22)11-15(21)19(23)24-2/h3-10,15H,11,21H2,1-2H3. The highest BCUT2D eigenvalue weighted by Gasteiger charge is 2.22. The Balaban J connectivity index is 2.19. The van der Waals surface area contributed by atoms with Crippen LogP contribution < -0.4 is 5.73 Å². The van der Waals surface area contributed by atoms with Gasteiger partial charge in [-0.2, -0.15) is 0 Å². The quantitative estimate of drug-likeness (QED) is 0.750. The second-order valence-corrected chi connectivity index (χ2v) is 5.74. The molecule has 1 heterocycles. The van der Waals surface area contributed by atoms with Crippen LogP contribution in [0.5, 0.6) is 0 Å². The molecule has 0 amide bonds. The summed E-state index contributed by atoms with van der Waals surface area (Å²) in [5.74, 6) is -0.739. The molecule has 2 N–H and O–H groups in total. The van der Waals surface area contributed by atoms with Crippen LogP contribution in [-0.2, 0) is 23.0 Å². The van der Waals surface area contributed by atoms with Crippen molar-refractivity contribution in [1.82, 2.24) is 4.57 Å². The number of benzene rings is 2. The molecule has 0 radical (unpaired) electrons. The van der Waals surface area contributed by atoms with Crippen molar-refractivity contribution in [3.63, 3.8) is 0 Å². The monoisotopic (exact) mass is 326 g/mol. The Labute approximate surface area is 139 Å². The van der Waals surface area contributed by atoms with Gasteiger partial charge in [0.25, 0.3) is 0 Å². The van der Waals surface area contributed by atoms with Gasteiger partial charge in [0.15, 0.2) is 0 Å². The molecular formula is C19H19FN2O2. The maximum Gasteiger partial charge on any atom is 0.323 e. The molecule has 124 valence electrons. The number of hydrogen-bond donors (Lipinski definition) is 1. The highest BCUT2D eigenvalue weighted by Crippen LogP contribution is 2.35. The van der Waals surface area contributed by atoms with Crippen molar-refractivity contribution in [2.75, 3.05) is 7.11 Å². The lowest BCUT2D eigenvalue weighted by Gasteiger charge is -2.13. The fourth-order valence-electron chi connectivity index (χ4n) is 3.07. The maximum atomic E-state index is 13.3. The summed E-state index contributed by atoms with van der Waals surface area (Å²) in [4.78, 5) is 11.7. The molecule has 0 spiro atoms. The van der Waals surface area contributed by atoms with Crippen molar-refractivity contribution in [1.29, 1.82) is 0 Å². The Morgan fingerprint density at radius 3 is 2.54 bits per heavy atom. The van der Waals surface area contributed by atoms with E-state index in [0.717, 1.165) is 27.7 Å². The van der Waals surface area contributed by atoms with Crippen LogP contribution in [0.4, 0.5) is 4.39 Å². The molecule has 1 unspecified atom stereocenters. The highest BCUT2D eigenvalue weighted by atomic mass is 19.1. The third-order valence-corrected chi connectivity index (χ3v) is 4.28. The van der Waals surface area contributed by atoms with Crippen molar-refractivity contribution in [2.45, 2.75) is 12.5 Å². The smallest absolute Gasteiger partial charge is 0.323 e. The van der Waals surface area contributed by atoms with Crippen LogP contribution in [0, 0.1) is 5.82 Å². The van der Waals surface area contributed by atoms with E-state index in [1.165, 1.54) is 19.2 Å². The number of hydrogen-bond acceptors (Lipinski definition) is 3. The zero-order chi connectivity index (χ0) is 17.3. The highest BCUT2D eigenvalue weighted by molar-refractivity contribution is 5.98. The SMILES string of the molecule is COC(=O)C(N)Cc1c(-c2ccc(F)cc2)c2ccccc2n1C. The Kier molecular flexibility index (Phi) is 4.36. The lowest BCUT2D eigenvalue weighted by Crippen LogP contribution is -2.34. The molecule has 3 aromatic rings. The molecule has 0 aliphatic carbocycles. The summed E-state index contributed by atoms with van der Waals surface area (Å²) in [7, 11) is 3.26. The van der Waals surface area contributed by atoms with Crippen molar-refractivity contribution in [3.05, 3.63) is 60.0 Å². The Hall–Kier alpha value is -2.66. The third kappa shape index (κ3) is 2.78. The number of aryl methyl sites for hydroxylation is 1. The Bertz CT molecular complexity index is 884. The van der Waals surface area contributed by atoms with Crippen molar-refractivity contribution >= 4 is 16.9 Å². The fourth-order valence-corrected chi connectivity index (χ4v) is 3.07. The third-order valence-electron chi connectivity index (χ3n) is 4.28. The van der Waals surface area contributed by atoms with Gasteiger partial charge in [-0.1, -0.05) is 30.3 Å². The Morgan fingerprint density at radius 2 is 1.88 bits per heavy atom. The molecule has 24 heavy (non-hydrogen) atoms. The number of nitrogens with two attached hydrogens (primary N) is 1. The lowest BCUT2D eigenvalue weighted by atomic mass is 9.99. The molecule has 0 bridgehead atoms. The molecule has 0 fully saturated rings. The molecule has 4 nitrogen and oxygen atoms in total. The van der Waals surface area contributed by atoms with Gasteiger partial charge in [-0.3, -0.25) is 4.79 Å². The van der Waals surface area contributed by atoms with Gasteiger partial charge in [0.2, 0.25) is 0 Å². The second-order valence-electron chi connectivity index (χ2n) is 5.74. The molecular weight excluding hydrogens is 307 g/mol. The van der Waals surface area contributed by atoms with E-state index in [-0.39, 0.29) is 5.82 Å². The van der Waals surface area contributed by atoms with E-state index >= 15 is 0 Å². The first-order chi connectivity index (χ1) is 11.5. The van der Waals surface area contributed by atoms with E-state index in [1.807, 2.05) is 35.9 Å². The van der Waals surface area contributed by atoms with Gasteiger partial charge in [0.1, 0.15) is 11.9 Å². The number of aromatic nitrogens is 1. The average molecular weight is 326 g/mol. The van der Waals surface area contributed by atoms with Gasteiger partial charge >= 0.3 is 5.97 Å². The van der Waals surface area contributed by atoms with E-state index < -0.39 is 12.0 Å². The Morgan fingerprint density at radius 1 is 1.21 bits per heavy atom. The van der Waals surface area contributed by atoms with E-state index in [0.29, 0.717) is 6.42 Å². The van der Waals surface area contributed by atoms with E-state index in [1.54, 1.807) is 12.1 Å². The number of methoxy groups -OCH3 is 1. The molecule has 1 aromatic heterocycles. The molecule has 0 saturated heterocycles. The number of ether oxygens (including phenoxy) is 1. The van der Waals surface area contributed by atoms with Crippen molar-refractivity contribution in [3.8, 4) is 11.1 Å². The summed E-state index contributed by atoms with van der Waals surface area (Å²) in [6.07, 6.45) is 0.338. The summed E-state index contributed by atoms with van der Waals surface area (Å²) < 4.78 is 20.1. The topological polar surface area (TPSA) is 57.2 Å². The number of halogens is 1. The summed E-state index contributed by atoms with van der Waals surface area (Å²) in [6, 6.07) is 13.5. The average Bonchev–Trinajstić information content (AvgIpc) is 2.87. The minimum Gasteiger partial charge on any atom is -0.468 e. The van der Waals surface area contributed by atoms with Crippen LogP contribution in [0.3, 0.4) is 0 Å². The zero-order valence-electron chi connectivity index (χ0n) is 13.6. The van der Waals surface area contributed by atoms with Crippen LogP contribution in [0.1, 0.15) is 5.69 Å². The van der Waals surface area contributed by atoms with Gasteiger partial charge in [0.05, 0.1) is 7.11 Å². The van der Waals surface area contributed by atoms with Gasteiger partial charge in [0, 0.05) is 35.6 Å². The first kappa shape index (κ1) is 16.2. The zero-order valence-corrected chi connectivity index (χ0v) is 13.6. The number of carbonyl (C=O) groups excluding carboxylic acids is 1. The summed E-state index contributed by atoms with van der Waals surface area (Å²) in [5.41, 5.74) is 9.78. The first-order valence-corrected chi connectivity index (χ1v) is 7.68. The van der Waals surface area contributed by atoms with E-state index in [4.69, 9.17) is 10.5 Å². The van der Waals surface area contributed by atoms with Crippen LogP contribution in [0.25, 0.3) is 22.0 Å². The number of esters is 1. The van der Waals surface area contributed by atoms with Gasteiger partial charge in [-0.25, -0.2) is 4.39 Å². The molecule has 5 heteroatoms. The van der Waals surface area contributed by atoms with E-state index in [2.05, 4.69) is 0 Å². The largest absolute Gasteiger partial charge is 0.468 e. The number of para-hydroxylation sites is 1. The molecule has 0 saturated carbocycles. The summed E-state index contributed by atoms with van der Waals surface area (Å²) in [5, 5.41) is 1.04. The van der Waals surface area contributed by atoms with Crippen LogP contribution >= 0.6 is 0 Å². The number of rotatable bonds is 4. The van der Waals surface area contributed by atoms with Gasteiger partial charge < -0.3 is 15.0 Å². The van der Waals surface area contributed by atoms with Crippen LogP contribution in [-0.4, -0.2) is 23.7 Å². The van der Waals surface area contributed by atoms with Crippen molar-refractivity contribution < 1.29 is 13.9 Å². The fraction of sp³-hybridized carbons (Fsp3) is 0.211. The first-order valence-electron chi connectivity index (χ1n) is 7.68. The van der Waals surface area contributed by atoms with Gasteiger partial charge in [-0.15, -0.1) is 0 Å². The van der Waals surface area contributed by atoms with Gasteiger partial charge in [-0.05, 0) is 23.8 Å².